The molecule has 2 nitrogen and oxygen atoms in total. The summed E-state index contributed by atoms with van der Waals surface area (Å²) < 4.78 is 50.8. The molecule has 1 atom stereocenters. The summed E-state index contributed by atoms with van der Waals surface area (Å²) in [6, 6.07) is 4.45. The van der Waals surface area contributed by atoms with Crippen molar-refractivity contribution >= 4 is 5.97 Å². The highest BCUT2D eigenvalue weighted by molar-refractivity contribution is 5.70. The SMILES string of the molecule is CC(F)(c1cccc(CC(=O)O)c1)C(F)(F)F. The van der Waals surface area contributed by atoms with Crippen LogP contribution >= 0.6 is 0 Å². The van der Waals surface area contributed by atoms with Gasteiger partial charge in [0.25, 0.3) is 0 Å². The van der Waals surface area contributed by atoms with Crippen molar-refractivity contribution in [3.8, 4) is 0 Å². The molecule has 0 bridgehead atoms. The molecule has 1 rings (SSSR count). The predicted molar refractivity (Wildman–Crippen MR) is 52.3 cm³/mol. The fraction of sp³-hybridized carbons (Fsp3) is 0.364. The highest BCUT2D eigenvalue weighted by atomic mass is 19.4. The molecule has 0 saturated heterocycles. The molecule has 0 aliphatic carbocycles. The van der Waals surface area contributed by atoms with Crippen molar-refractivity contribution in [1.82, 2.24) is 0 Å². The average molecular weight is 250 g/mol. The van der Waals surface area contributed by atoms with Crippen molar-refractivity contribution in [1.29, 1.82) is 0 Å². The lowest BCUT2D eigenvalue weighted by molar-refractivity contribution is -0.228. The number of benzene rings is 1. The summed E-state index contributed by atoms with van der Waals surface area (Å²) >= 11 is 0. The number of hydrogen-bond acceptors (Lipinski definition) is 1. The van der Waals surface area contributed by atoms with E-state index in [1.165, 1.54) is 12.1 Å². The monoisotopic (exact) mass is 250 g/mol. The summed E-state index contributed by atoms with van der Waals surface area (Å²) in [4.78, 5) is 10.4. The Hall–Kier alpha value is -1.59. The Kier molecular flexibility index (Phi) is 3.45. The van der Waals surface area contributed by atoms with Gasteiger partial charge in [-0.1, -0.05) is 24.3 Å². The first-order chi connectivity index (χ1) is 7.64. The average Bonchev–Trinajstić information content (AvgIpc) is 2.15. The minimum atomic E-state index is -5.03. The van der Waals surface area contributed by atoms with Crippen LogP contribution in [0.5, 0.6) is 0 Å². The molecule has 0 aromatic heterocycles. The van der Waals surface area contributed by atoms with Crippen LogP contribution in [0.15, 0.2) is 24.3 Å². The molecule has 0 spiro atoms. The van der Waals surface area contributed by atoms with Crippen LogP contribution in [0.1, 0.15) is 18.1 Å². The van der Waals surface area contributed by atoms with Gasteiger partial charge in [-0.2, -0.15) is 13.2 Å². The second kappa shape index (κ2) is 4.35. The highest BCUT2D eigenvalue weighted by Gasteiger charge is 2.53. The second-order valence-electron chi connectivity index (χ2n) is 3.77. The van der Waals surface area contributed by atoms with Crippen LogP contribution in [-0.4, -0.2) is 17.3 Å². The smallest absolute Gasteiger partial charge is 0.426 e. The van der Waals surface area contributed by atoms with Gasteiger partial charge >= 0.3 is 12.1 Å². The molecule has 0 aliphatic heterocycles. The van der Waals surface area contributed by atoms with E-state index in [1.54, 1.807) is 0 Å². The lowest BCUT2D eigenvalue weighted by Gasteiger charge is -2.24. The zero-order chi connectivity index (χ0) is 13.3. The first-order valence-electron chi connectivity index (χ1n) is 4.71. The van der Waals surface area contributed by atoms with E-state index in [9.17, 15) is 22.4 Å². The van der Waals surface area contributed by atoms with Crippen LogP contribution in [0.2, 0.25) is 0 Å². The summed E-state index contributed by atoms with van der Waals surface area (Å²) in [5.74, 6) is -1.19. The quantitative estimate of drug-likeness (QED) is 0.837. The summed E-state index contributed by atoms with van der Waals surface area (Å²) in [6.45, 7) is 0.410. The van der Waals surface area contributed by atoms with E-state index in [4.69, 9.17) is 5.11 Å². The van der Waals surface area contributed by atoms with Gasteiger partial charge in [0.15, 0.2) is 0 Å². The van der Waals surface area contributed by atoms with Crippen molar-refractivity contribution in [2.45, 2.75) is 25.2 Å². The van der Waals surface area contributed by atoms with E-state index < -0.39 is 29.8 Å². The molecule has 0 saturated carbocycles. The van der Waals surface area contributed by atoms with Crippen molar-refractivity contribution in [3.63, 3.8) is 0 Å². The standard InChI is InChI=1S/C11H10F4O2/c1-10(12,11(13,14)15)8-4-2-3-7(5-8)6-9(16)17/h2-5H,6H2,1H3,(H,16,17). The Morgan fingerprint density at radius 1 is 1.29 bits per heavy atom. The van der Waals surface area contributed by atoms with Gasteiger partial charge in [0, 0.05) is 0 Å². The molecule has 0 aliphatic rings. The van der Waals surface area contributed by atoms with Gasteiger partial charge < -0.3 is 5.11 Å². The van der Waals surface area contributed by atoms with Crippen molar-refractivity contribution < 1.29 is 27.5 Å². The number of halogens is 4. The minimum absolute atomic E-state index is 0.128. The number of carbonyl (C=O) groups is 1. The number of hydrogen-bond donors (Lipinski definition) is 1. The third-order valence-corrected chi connectivity index (χ3v) is 2.36. The number of rotatable bonds is 3. The normalized spacial score (nSPS) is 15.4. The molecular formula is C11H10F4O2. The van der Waals surface area contributed by atoms with Gasteiger partial charge in [0.1, 0.15) is 0 Å². The number of carboxylic acids is 1. The van der Waals surface area contributed by atoms with E-state index >= 15 is 0 Å². The Morgan fingerprint density at radius 2 is 1.88 bits per heavy atom. The van der Waals surface area contributed by atoms with Crippen LogP contribution < -0.4 is 0 Å². The molecule has 17 heavy (non-hydrogen) atoms. The molecule has 0 radical (unpaired) electrons. The molecule has 1 N–H and O–H groups in total. The summed E-state index contributed by atoms with van der Waals surface area (Å²) in [5.41, 5.74) is -3.95. The molecule has 1 aromatic carbocycles. The van der Waals surface area contributed by atoms with Gasteiger partial charge in [-0.05, 0) is 18.1 Å². The van der Waals surface area contributed by atoms with Crippen LogP contribution in [0.25, 0.3) is 0 Å². The van der Waals surface area contributed by atoms with E-state index in [0.717, 1.165) is 12.1 Å². The van der Waals surface area contributed by atoms with Gasteiger partial charge in [0.2, 0.25) is 5.67 Å². The Balaban J connectivity index is 3.11. The lowest BCUT2D eigenvalue weighted by atomic mass is 9.95. The zero-order valence-electron chi connectivity index (χ0n) is 8.88. The maximum Gasteiger partial charge on any atom is 0.426 e. The first-order valence-corrected chi connectivity index (χ1v) is 4.71. The summed E-state index contributed by atoms with van der Waals surface area (Å²) in [5, 5.41) is 8.50. The van der Waals surface area contributed by atoms with Gasteiger partial charge in [-0.25, -0.2) is 4.39 Å². The second-order valence-corrected chi connectivity index (χ2v) is 3.77. The Labute approximate surface area is 94.9 Å². The minimum Gasteiger partial charge on any atom is -0.481 e. The third kappa shape index (κ3) is 2.95. The summed E-state index contributed by atoms with van der Waals surface area (Å²) in [6.07, 6.45) is -5.48. The molecule has 0 amide bonds. The van der Waals surface area contributed by atoms with Crippen molar-refractivity contribution in [3.05, 3.63) is 35.4 Å². The van der Waals surface area contributed by atoms with E-state index in [0.29, 0.717) is 6.92 Å². The fourth-order valence-corrected chi connectivity index (χ4v) is 1.31. The van der Waals surface area contributed by atoms with Crippen molar-refractivity contribution in [2.75, 3.05) is 0 Å². The van der Waals surface area contributed by atoms with E-state index in [1.807, 2.05) is 0 Å². The van der Waals surface area contributed by atoms with Crippen LogP contribution in [0, 0.1) is 0 Å². The molecule has 0 fully saturated rings. The van der Waals surface area contributed by atoms with Gasteiger partial charge in [-0.3, -0.25) is 4.79 Å². The van der Waals surface area contributed by atoms with E-state index in [2.05, 4.69) is 0 Å². The lowest BCUT2D eigenvalue weighted by Crippen LogP contribution is -2.35. The molecule has 94 valence electrons. The molecule has 0 heterocycles. The predicted octanol–water partition coefficient (Wildman–Crippen LogP) is 3.06. The third-order valence-electron chi connectivity index (χ3n) is 2.36. The zero-order valence-corrected chi connectivity index (χ0v) is 8.88. The van der Waals surface area contributed by atoms with Crippen LogP contribution in [0.3, 0.4) is 0 Å². The maximum absolute atomic E-state index is 13.6. The van der Waals surface area contributed by atoms with Gasteiger partial charge in [0.05, 0.1) is 6.42 Å². The van der Waals surface area contributed by atoms with Crippen LogP contribution in [0.4, 0.5) is 17.6 Å². The van der Waals surface area contributed by atoms with Crippen molar-refractivity contribution in [2.24, 2.45) is 0 Å². The number of alkyl halides is 4. The number of aliphatic carboxylic acids is 1. The van der Waals surface area contributed by atoms with E-state index in [-0.39, 0.29) is 5.56 Å². The highest BCUT2D eigenvalue weighted by Crippen LogP contribution is 2.42. The maximum atomic E-state index is 13.6. The largest absolute Gasteiger partial charge is 0.481 e. The van der Waals surface area contributed by atoms with Gasteiger partial charge in [-0.15, -0.1) is 0 Å². The fourth-order valence-electron chi connectivity index (χ4n) is 1.31. The number of carboxylic acid groups (broad SMARTS) is 1. The molecule has 1 unspecified atom stereocenters. The molecular weight excluding hydrogens is 240 g/mol. The molecule has 1 aromatic rings. The van der Waals surface area contributed by atoms with Crippen LogP contribution in [-0.2, 0) is 16.9 Å². The first kappa shape index (κ1) is 13.5. The topological polar surface area (TPSA) is 37.3 Å². The summed E-state index contributed by atoms with van der Waals surface area (Å²) in [7, 11) is 0. The Bertz CT molecular complexity index is 424. The molecule has 6 heteroatoms. The Morgan fingerprint density at radius 3 is 2.35 bits per heavy atom.